The average Bonchev–Trinajstić information content (AvgIpc) is 3.21. The predicted octanol–water partition coefficient (Wildman–Crippen LogP) is 5.52. The summed E-state index contributed by atoms with van der Waals surface area (Å²) in [6, 6.07) is 15.6. The van der Waals surface area contributed by atoms with Crippen LogP contribution in [-0.4, -0.2) is 46.7 Å². The van der Waals surface area contributed by atoms with Crippen LogP contribution < -0.4 is 10.1 Å². The van der Waals surface area contributed by atoms with Crippen LogP contribution in [0.5, 0.6) is 5.75 Å². The van der Waals surface area contributed by atoms with E-state index >= 15 is 0 Å². The molecule has 0 bridgehead atoms. The van der Waals surface area contributed by atoms with Crippen molar-refractivity contribution in [1.82, 2.24) is 14.9 Å². The number of ether oxygens (including phenoxy) is 1. The Bertz CT molecular complexity index is 1320. The highest BCUT2D eigenvalue weighted by atomic mass is 35.5. The second-order valence-corrected chi connectivity index (χ2v) is 9.35. The summed E-state index contributed by atoms with van der Waals surface area (Å²) in [5, 5.41) is 6.30. The molecule has 0 radical (unpaired) electrons. The minimum atomic E-state index is 0.0505. The third-order valence-corrected chi connectivity index (χ3v) is 7.27. The third kappa shape index (κ3) is 4.43. The highest BCUT2D eigenvalue weighted by Gasteiger charge is 2.32. The average molecular weight is 479 g/mol. The van der Waals surface area contributed by atoms with Crippen LogP contribution in [0, 0.1) is 0 Å². The molecule has 1 unspecified atom stereocenters. The van der Waals surface area contributed by atoms with Crippen LogP contribution in [0.4, 0.5) is 5.69 Å². The molecule has 0 saturated carbocycles. The van der Waals surface area contributed by atoms with E-state index in [0.29, 0.717) is 23.9 Å². The Morgan fingerprint density at radius 2 is 1.97 bits per heavy atom. The summed E-state index contributed by atoms with van der Waals surface area (Å²) >= 11 is 7.89. The highest BCUT2D eigenvalue weighted by molar-refractivity contribution is 8.00. The number of thioether (sulfide) groups is 1. The van der Waals surface area contributed by atoms with Gasteiger partial charge < -0.3 is 15.0 Å². The lowest BCUT2D eigenvalue weighted by Crippen LogP contribution is -2.30. The van der Waals surface area contributed by atoms with Crippen LogP contribution in [0.2, 0.25) is 5.02 Å². The SMILES string of the molecule is COc1ccc2nc3cc(Cl)ccc3c(NCCCN3C(=O)CSC3c3ccncc3)c2c1. The Morgan fingerprint density at radius 3 is 2.79 bits per heavy atom. The van der Waals surface area contributed by atoms with Crippen LogP contribution in [0.3, 0.4) is 0 Å². The van der Waals surface area contributed by atoms with E-state index in [4.69, 9.17) is 21.3 Å². The summed E-state index contributed by atoms with van der Waals surface area (Å²) in [7, 11) is 1.66. The van der Waals surface area contributed by atoms with E-state index in [2.05, 4.69) is 10.3 Å². The van der Waals surface area contributed by atoms with E-state index in [0.717, 1.165) is 45.2 Å². The number of benzene rings is 2. The molecule has 0 spiro atoms. The second-order valence-electron chi connectivity index (χ2n) is 7.84. The molecule has 6 nitrogen and oxygen atoms in total. The van der Waals surface area contributed by atoms with Crippen LogP contribution in [0.15, 0.2) is 60.9 Å². The number of methoxy groups -OCH3 is 1. The second kappa shape index (κ2) is 9.45. The number of halogens is 1. The minimum absolute atomic E-state index is 0.0505. The zero-order chi connectivity index (χ0) is 22.8. The van der Waals surface area contributed by atoms with Crippen molar-refractivity contribution in [2.45, 2.75) is 11.8 Å². The van der Waals surface area contributed by atoms with Gasteiger partial charge in [-0.3, -0.25) is 9.78 Å². The van der Waals surface area contributed by atoms with E-state index in [9.17, 15) is 4.79 Å². The maximum Gasteiger partial charge on any atom is 0.233 e. The van der Waals surface area contributed by atoms with Crippen molar-refractivity contribution >= 4 is 56.8 Å². The number of amides is 1. The lowest BCUT2D eigenvalue weighted by atomic mass is 10.1. The molecule has 1 N–H and O–H groups in total. The fourth-order valence-electron chi connectivity index (χ4n) is 4.18. The van der Waals surface area contributed by atoms with Gasteiger partial charge in [-0.25, -0.2) is 4.98 Å². The Labute approximate surface area is 201 Å². The van der Waals surface area contributed by atoms with Gasteiger partial charge in [-0.1, -0.05) is 11.6 Å². The summed E-state index contributed by atoms with van der Waals surface area (Å²) in [6.45, 7) is 1.40. The number of nitrogens with one attached hydrogen (secondary N) is 1. The maximum atomic E-state index is 12.5. The standard InChI is InChI=1S/C25H23ClN4O2S/c1-32-18-4-6-21-20(14-18)24(19-5-3-17(26)13-22(19)29-21)28-9-2-12-30-23(31)15-33-25(30)16-7-10-27-11-8-16/h3-8,10-11,13-14,25H,2,9,12,15H2,1H3,(H,28,29). The van der Waals surface area contributed by atoms with E-state index in [1.165, 1.54) is 0 Å². The molecule has 1 amide bonds. The first-order valence-electron chi connectivity index (χ1n) is 10.8. The topological polar surface area (TPSA) is 67.3 Å². The van der Waals surface area contributed by atoms with Gasteiger partial charge in [0.2, 0.25) is 5.91 Å². The Hall–Kier alpha value is -3.03. The molecular weight excluding hydrogens is 456 g/mol. The van der Waals surface area contributed by atoms with Crippen LogP contribution >= 0.6 is 23.4 Å². The summed E-state index contributed by atoms with van der Waals surface area (Å²) in [4.78, 5) is 23.3. The zero-order valence-electron chi connectivity index (χ0n) is 18.1. The number of hydrogen-bond donors (Lipinski definition) is 1. The molecule has 3 heterocycles. The van der Waals surface area contributed by atoms with Crippen molar-refractivity contribution in [2.24, 2.45) is 0 Å². The van der Waals surface area contributed by atoms with Gasteiger partial charge in [0.25, 0.3) is 0 Å². The molecule has 4 aromatic rings. The number of nitrogens with zero attached hydrogens (tertiary/aromatic N) is 3. The molecule has 5 rings (SSSR count). The molecule has 1 aliphatic heterocycles. The van der Waals surface area contributed by atoms with Crippen LogP contribution in [0.1, 0.15) is 17.4 Å². The number of carbonyl (C=O) groups excluding carboxylic acids is 1. The number of hydrogen-bond acceptors (Lipinski definition) is 6. The van der Waals surface area contributed by atoms with Crippen molar-refractivity contribution in [2.75, 3.05) is 31.3 Å². The van der Waals surface area contributed by atoms with Crippen molar-refractivity contribution in [3.8, 4) is 5.75 Å². The van der Waals surface area contributed by atoms with Crippen molar-refractivity contribution in [3.05, 3.63) is 71.5 Å². The number of pyridine rings is 2. The molecule has 1 fully saturated rings. The first kappa shape index (κ1) is 21.8. The largest absolute Gasteiger partial charge is 0.497 e. The van der Waals surface area contributed by atoms with E-state index in [1.807, 2.05) is 53.4 Å². The molecular formula is C25H23ClN4O2S. The van der Waals surface area contributed by atoms with Gasteiger partial charge in [0.1, 0.15) is 11.1 Å². The molecule has 1 atom stereocenters. The molecule has 0 aliphatic carbocycles. The quantitative estimate of drug-likeness (QED) is 0.278. The molecule has 168 valence electrons. The first-order valence-corrected chi connectivity index (χ1v) is 12.2. The lowest BCUT2D eigenvalue weighted by Gasteiger charge is -2.24. The van der Waals surface area contributed by atoms with Crippen LogP contribution in [-0.2, 0) is 4.79 Å². The fourth-order valence-corrected chi connectivity index (χ4v) is 5.56. The van der Waals surface area contributed by atoms with E-state index in [-0.39, 0.29) is 11.3 Å². The molecule has 8 heteroatoms. The van der Waals surface area contributed by atoms with Gasteiger partial charge in [0.05, 0.1) is 29.6 Å². The number of fused-ring (bicyclic) bond motifs is 2. The number of anilines is 1. The smallest absolute Gasteiger partial charge is 0.233 e. The summed E-state index contributed by atoms with van der Waals surface area (Å²) in [6.07, 6.45) is 4.37. The number of carbonyl (C=O) groups is 1. The van der Waals surface area contributed by atoms with Gasteiger partial charge in [0.15, 0.2) is 0 Å². The third-order valence-electron chi connectivity index (χ3n) is 5.78. The monoisotopic (exact) mass is 478 g/mol. The zero-order valence-corrected chi connectivity index (χ0v) is 19.7. The van der Waals surface area contributed by atoms with Gasteiger partial charge >= 0.3 is 0 Å². The van der Waals surface area contributed by atoms with Crippen molar-refractivity contribution < 1.29 is 9.53 Å². The fraction of sp³-hybridized carbons (Fsp3) is 0.240. The number of rotatable bonds is 7. The molecule has 1 saturated heterocycles. The number of aromatic nitrogens is 2. The Morgan fingerprint density at radius 1 is 1.12 bits per heavy atom. The Kier molecular flexibility index (Phi) is 6.24. The first-order chi connectivity index (χ1) is 16.1. The normalized spacial score (nSPS) is 16.0. The lowest BCUT2D eigenvalue weighted by molar-refractivity contribution is -0.128. The van der Waals surface area contributed by atoms with Gasteiger partial charge in [-0.05, 0) is 60.5 Å². The highest BCUT2D eigenvalue weighted by Crippen LogP contribution is 2.38. The van der Waals surface area contributed by atoms with Crippen LogP contribution in [0.25, 0.3) is 21.8 Å². The molecule has 2 aromatic heterocycles. The van der Waals surface area contributed by atoms with E-state index < -0.39 is 0 Å². The molecule has 33 heavy (non-hydrogen) atoms. The summed E-state index contributed by atoms with van der Waals surface area (Å²) in [5.41, 5.74) is 3.82. The predicted molar refractivity (Wildman–Crippen MR) is 135 cm³/mol. The van der Waals surface area contributed by atoms with Crippen molar-refractivity contribution in [3.63, 3.8) is 0 Å². The van der Waals surface area contributed by atoms with Gasteiger partial charge in [-0.2, -0.15) is 0 Å². The Balaban J connectivity index is 1.37. The summed E-state index contributed by atoms with van der Waals surface area (Å²) < 4.78 is 5.44. The molecule has 2 aromatic carbocycles. The van der Waals surface area contributed by atoms with Gasteiger partial charge in [0, 0.05) is 41.3 Å². The van der Waals surface area contributed by atoms with Crippen molar-refractivity contribution in [1.29, 1.82) is 0 Å². The van der Waals surface area contributed by atoms with E-state index in [1.54, 1.807) is 31.3 Å². The summed E-state index contributed by atoms with van der Waals surface area (Å²) in [5.74, 6) is 1.47. The minimum Gasteiger partial charge on any atom is -0.497 e. The maximum absolute atomic E-state index is 12.5. The van der Waals surface area contributed by atoms with Gasteiger partial charge in [-0.15, -0.1) is 11.8 Å². The molecule has 1 aliphatic rings.